The van der Waals surface area contributed by atoms with Gasteiger partial charge in [0, 0.05) is 13.0 Å². The molecular weight excluding hydrogens is 977 g/mol. The van der Waals surface area contributed by atoms with Crippen LogP contribution in [0.15, 0.2) is 4.99 Å². The minimum atomic E-state index is -1.50. The summed E-state index contributed by atoms with van der Waals surface area (Å²) in [7, 11) is 0. The van der Waals surface area contributed by atoms with Crippen molar-refractivity contribution in [1.29, 1.82) is 0 Å². The summed E-state index contributed by atoms with van der Waals surface area (Å²) in [4.78, 5) is 149. The first-order chi connectivity index (χ1) is 34.8. The Hall–Kier alpha value is -6.60. The fourth-order valence-electron chi connectivity index (χ4n) is 7.33. The molecule has 0 aromatic heterocycles. The maximum absolute atomic E-state index is 14.1. The summed E-state index contributed by atoms with van der Waals surface area (Å²) in [5.41, 5.74) is 22.4. The van der Waals surface area contributed by atoms with Gasteiger partial charge in [-0.25, -0.2) is 4.79 Å². The molecule has 0 aliphatic heterocycles. The van der Waals surface area contributed by atoms with Crippen molar-refractivity contribution in [3.63, 3.8) is 0 Å². The number of hydrogen-bond acceptors (Lipinski definition) is 13. The highest BCUT2D eigenvalue weighted by molar-refractivity contribution is 5.98. The Balaban J connectivity index is 6.38. The summed E-state index contributed by atoms with van der Waals surface area (Å²) in [6.45, 7) is 19.9. The quantitative estimate of drug-likeness (QED) is 0.0181. The molecule has 0 fully saturated rings. The Morgan fingerprint density at radius 3 is 1.27 bits per heavy atom. The molecule has 0 rings (SSSR count). The minimum Gasteiger partial charge on any atom is -0.480 e. The predicted octanol–water partition coefficient (Wildman–Crippen LogP) is -2.16. The van der Waals surface area contributed by atoms with Gasteiger partial charge in [0.25, 0.3) is 0 Å². The number of aliphatic imine (C=N–C) groups is 1. The first-order valence-electron chi connectivity index (χ1n) is 25.8. The molecule has 0 aromatic carbocycles. The molecule has 0 radical (unpaired) electrons. The number of carboxylic acids is 1. The number of rotatable bonds is 36. The molecule has 0 spiro atoms. The van der Waals surface area contributed by atoms with Crippen LogP contribution in [0.2, 0.25) is 0 Å². The van der Waals surface area contributed by atoms with Gasteiger partial charge in [-0.2, -0.15) is 0 Å². The Labute approximate surface area is 441 Å². The normalized spacial score (nSPS) is 14.9. The van der Waals surface area contributed by atoms with Gasteiger partial charge in [-0.15, -0.1) is 0 Å². The van der Waals surface area contributed by atoms with Gasteiger partial charge >= 0.3 is 5.97 Å². The molecule has 10 amide bonds. The molecule has 0 aliphatic carbocycles. The lowest BCUT2D eigenvalue weighted by molar-refractivity contribution is -0.143. The van der Waals surface area contributed by atoms with E-state index in [9.17, 15) is 57.8 Å². The van der Waals surface area contributed by atoms with Crippen molar-refractivity contribution in [2.75, 3.05) is 19.6 Å². The third-order valence-electron chi connectivity index (χ3n) is 11.8. The second-order valence-corrected chi connectivity index (χ2v) is 20.9. The van der Waals surface area contributed by atoms with E-state index in [0.29, 0.717) is 6.42 Å². The largest absolute Gasteiger partial charge is 0.480 e. The molecule has 26 nitrogen and oxygen atoms in total. The summed E-state index contributed by atoms with van der Waals surface area (Å²) >= 11 is 0. The van der Waals surface area contributed by atoms with E-state index in [4.69, 9.17) is 22.9 Å². The first kappa shape index (κ1) is 68.4. The van der Waals surface area contributed by atoms with Gasteiger partial charge in [0.1, 0.15) is 42.3 Å². The van der Waals surface area contributed by atoms with Gasteiger partial charge in [0.2, 0.25) is 59.1 Å². The van der Waals surface area contributed by atoms with E-state index in [1.165, 1.54) is 0 Å². The topological polar surface area (TPSA) is 433 Å². The summed E-state index contributed by atoms with van der Waals surface area (Å²) < 4.78 is 0. The number of nitrogens with one attached hydrogen (secondary N) is 9. The van der Waals surface area contributed by atoms with Gasteiger partial charge in [0.05, 0.1) is 19.1 Å². The number of carbonyl (C=O) groups is 11. The SMILES string of the molecule is CC[C@H](C)[C@H](NC(=O)CNC(=O)[C@H](CC(C)C)NC(=O)[C@@H](NC(=O)CNC(=O)[C@H](CCC(N)=O)NC(=O)[C@H](CCCN=C(N)N)NC(=O)[C@H](CC(C)C)NC(=O)[C@H](CC(C)C)NC(=O)[C@@H](N)C(C)C)C(C)C)C(=O)O. The van der Waals surface area contributed by atoms with Crippen molar-refractivity contribution < 1.29 is 57.8 Å². The lowest BCUT2D eigenvalue weighted by Crippen LogP contribution is -2.59. The number of carboxylic acid groups (broad SMARTS) is 1. The predicted molar refractivity (Wildman–Crippen MR) is 281 cm³/mol. The standard InChI is InChI=1S/C49H90N14O12/c1-13-29(12)40(48(74)75)63-37(66)23-56-42(68)32(19-24(2)3)61-47(73)39(28(10)11)62-36(65)22-55-41(67)31(16-17-35(50)64)58-43(69)30(15-14-18-54-49(52)53)57-44(70)33(20-25(4)5)59-45(71)34(21-26(6)7)60-46(72)38(51)27(8)9/h24-34,38-40H,13-23,51H2,1-12H3,(H2,50,64)(H,55,67)(H,56,68)(H,57,70)(H,58,69)(H,59,71)(H,60,72)(H,61,73)(H,62,65)(H,63,66)(H,74,75)(H4,52,53,54)/t29-,30-,31-,32-,33-,34-,38-,39-,40-/m0/s1. The molecule has 9 atom stereocenters. The molecule has 18 N–H and O–H groups in total. The summed E-state index contributed by atoms with van der Waals surface area (Å²) in [5, 5.41) is 32.5. The zero-order valence-electron chi connectivity index (χ0n) is 46.1. The van der Waals surface area contributed by atoms with E-state index in [-0.39, 0.29) is 80.6 Å². The van der Waals surface area contributed by atoms with Crippen LogP contribution in [-0.4, -0.2) is 144 Å². The van der Waals surface area contributed by atoms with Crippen LogP contribution in [0.5, 0.6) is 0 Å². The number of amides is 10. The number of nitrogens with two attached hydrogens (primary N) is 4. The number of nitrogens with zero attached hydrogens (tertiary/aromatic N) is 1. The van der Waals surface area contributed by atoms with Crippen LogP contribution in [0.3, 0.4) is 0 Å². The lowest BCUT2D eigenvalue weighted by Gasteiger charge is -2.28. The summed E-state index contributed by atoms with van der Waals surface area (Å²) in [6.07, 6.45) is 0.270. The highest BCUT2D eigenvalue weighted by Crippen LogP contribution is 2.13. The van der Waals surface area contributed by atoms with Crippen LogP contribution < -0.4 is 70.8 Å². The molecule has 0 unspecified atom stereocenters. The minimum absolute atomic E-state index is 0.0405. The van der Waals surface area contributed by atoms with Crippen LogP contribution in [0.4, 0.5) is 0 Å². The Morgan fingerprint density at radius 1 is 0.480 bits per heavy atom. The van der Waals surface area contributed by atoms with Crippen LogP contribution in [0, 0.1) is 35.5 Å². The Morgan fingerprint density at radius 2 is 0.867 bits per heavy atom. The summed E-state index contributed by atoms with van der Waals surface area (Å²) in [6, 6.07) is -9.60. The van der Waals surface area contributed by atoms with Gasteiger partial charge in [-0.05, 0) is 74.0 Å². The highest BCUT2D eigenvalue weighted by Gasteiger charge is 2.35. The van der Waals surface area contributed by atoms with Crippen molar-refractivity contribution in [3.05, 3.63) is 0 Å². The maximum Gasteiger partial charge on any atom is 0.326 e. The first-order valence-corrected chi connectivity index (χ1v) is 25.8. The van der Waals surface area contributed by atoms with Crippen LogP contribution >= 0.6 is 0 Å². The number of guanidine groups is 1. The van der Waals surface area contributed by atoms with E-state index in [1.54, 1.807) is 55.4 Å². The number of carbonyl (C=O) groups excluding carboxylic acids is 10. The molecule has 428 valence electrons. The average Bonchev–Trinajstić information content (AvgIpc) is 3.30. The number of hydrogen-bond donors (Lipinski definition) is 14. The molecule has 0 bridgehead atoms. The van der Waals surface area contributed by atoms with Crippen LogP contribution in [0.1, 0.15) is 134 Å². The van der Waals surface area contributed by atoms with Gasteiger partial charge < -0.3 is 75.9 Å². The molecule has 0 saturated heterocycles. The van der Waals surface area contributed by atoms with E-state index in [0.717, 1.165) is 0 Å². The van der Waals surface area contributed by atoms with Crippen LogP contribution in [-0.2, 0) is 52.7 Å². The second kappa shape index (κ2) is 34.8. The van der Waals surface area contributed by atoms with E-state index < -0.39 is 139 Å². The Kier molecular flexibility index (Phi) is 31.7. The second-order valence-electron chi connectivity index (χ2n) is 20.9. The van der Waals surface area contributed by atoms with Gasteiger partial charge in [0.15, 0.2) is 5.96 Å². The average molecular weight is 1070 g/mol. The van der Waals surface area contributed by atoms with Crippen molar-refractivity contribution in [2.45, 2.75) is 183 Å². The third kappa shape index (κ3) is 28.0. The lowest BCUT2D eigenvalue weighted by atomic mass is 9.98. The van der Waals surface area contributed by atoms with Gasteiger partial charge in [-0.1, -0.05) is 89.5 Å². The van der Waals surface area contributed by atoms with Crippen molar-refractivity contribution in [2.24, 2.45) is 63.4 Å². The fraction of sp³-hybridized carbons (Fsp3) is 0.755. The number of aliphatic carboxylic acids is 1. The zero-order chi connectivity index (χ0) is 57.9. The maximum atomic E-state index is 14.1. The highest BCUT2D eigenvalue weighted by atomic mass is 16.4. The van der Waals surface area contributed by atoms with E-state index >= 15 is 0 Å². The zero-order valence-corrected chi connectivity index (χ0v) is 46.1. The Bertz CT molecular complexity index is 1960. The van der Waals surface area contributed by atoms with Crippen molar-refractivity contribution in [1.82, 2.24) is 47.9 Å². The smallest absolute Gasteiger partial charge is 0.326 e. The van der Waals surface area contributed by atoms with E-state index in [2.05, 4.69) is 52.8 Å². The monoisotopic (exact) mass is 1070 g/mol. The molecule has 0 heterocycles. The molecular formula is C49H90N14O12. The van der Waals surface area contributed by atoms with Crippen molar-refractivity contribution >= 4 is 71.0 Å². The number of primary amides is 1. The fourth-order valence-corrected chi connectivity index (χ4v) is 7.33. The molecule has 26 heteroatoms. The molecule has 0 saturated carbocycles. The van der Waals surface area contributed by atoms with Gasteiger partial charge in [-0.3, -0.25) is 52.9 Å². The van der Waals surface area contributed by atoms with E-state index in [1.807, 2.05) is 27.7 Å². The molecule has 0 aromatic rings. The summed E-state index contributed by atoms with van der Waals surface area (Å²) in [5.74, 6) is -10.7. The molecule has 75 heavy (non-hydrogen) atoms. The van der Waals surface area contributed by atoms with Crippen LogP contribution in [0.25, 0.3) is 0 Å². The third-order valence-corrected chi connectivity index (χ3v) is 11.8. The molecule has 0 aliphatic rings. The van der Waals surface area contributed by atoms with Crippen molar-refractivity contribution in [3.8, 4) is 0 Å².